The summed E-state index contributed by atoms with van der Waals surface area (Å²) in [7, 11) is 0. The predicted molar refractivity (Wildman–Crippen MR) is 105 cm³/mol. The van der Waals surface area contributed by atoms with Gasteiger partial charge in [0.2, 0.25) is 0 Å². The molecule has 0 N–H and O–H groups in total. The molecule has 26 heavy (non-hydrogen) atoms. The Bertz CT molecular complexity index is 770. The van der Waals surface area contributed by atoms with Crippen molar-refractivity contribution in [3.8, 4) is 5.75 Å². The highest BCUT2D eigenvalue weighted by molar-refractivity contribution is 5.30. The number of ether oxygens (including phenoxy) is 1. The van der Waals surface area contributed by atoms with E-state index in [-0.39, 0.29) is 0 Å². The molecule has 0 radical (unpaired) electrons. The van der Waals surface area contributed by atoms with E-state index >= 15 is 0 Å². The third kappa shape index (κ3) is 5.16. The van der Waals surface area contributed by atoms with Gasteiger partial charge in [-0.1, -0.05) is 38.1 Å². The maximum atomic E-state index is 5.85. The Balaban J connectivity index is 1.60. The van der Waals surface area contributed by atoms with Crippen LogP contribution in [0.25, 0.3) is 0 Å². The van der Waals surface area contributed by atoms with Gasteiger partial charge < -0.3 is 4.74 Å². The van der Waals surface area contributed by atoms with Crippen LogP contribution in [0, 0.1) is 5.92 Å². The van der Waals surface area contributed by atoms with Gasteiger partial charge in [-0.15, -0.1) is 0 Å². The van der Waals surface area contributed by atoms with Gasteiger partial charge in [0.05, 0.1) is 5.69 Å². The molecule has 0 aliphatic carbocycles. The van der Waals surface area contributed by atoms with E-state index in [0.717, 1.165) is 24.3 Å². The molecule has 2 aromatic heterocycles. The molecule has 0 aliphatic heterocycles. The lowest BCUT2D eigenvalue weighted by Gasteiger charge is -2.22. The average molecular weight is 346 g/mol. The summed E-state index contributed by atoms with van der Waals surface area (Å²) in [6, 6.07) is 18.5. The lowest BCUT2D eigenvalue weighted by atomic mass is 9.84. The summed E-state index contributed by atoms with van der Waals surface area (Å²) in [6.45, 7) is 5.08. The Kier molecular flexibility index (Phi) is 6.37. The molecule has 0 saturated carbocycles. The van der Waals surface area contributed by atoms with E-state index in [0.29, 0.717) is 18.4 Å². The Morgan fingerprint density at radius 3 is 2.42 bits per heavy atom. The highest BCUT2D eigenvalue weighted by Crippen LogP contribution is 2.30. The Hall–Kier alpha value is -2.68. The minimum absolute atomic E-state index is 0.495. The van der Waals surface area contributed by atoms with E-state index in [1.165, 1.54) is 11.1 Å². The maximum Gasteiger partial charge on any atom is 0.130 e. The van der Waals surface area contributed by atoms with Gasteiger partial charge in [0.15, 0.2) is 0 Å². The van der Waals surface area contributed by atoms with E-state index < -0.39 is 0 Å². The van der Waals surface area contributed by atoms with Gasteiger partial charge in [-0.2, -0.15) is 0 Å². The molecule has 0 aliphatic rings. The second kappa shape index (κ2) is 9.14. The largest absolute Gasteiger partial charge is 0.487 e. The molecule has 0 bridgehead atoms. The van der Waals surface area contributed by atoms with E-state index in [9.17, 15) is 0 Å². The molecule has 3 heteroatoms. The molecule has 3 aromatic rings. The highest BCUT2D eigenvalue weighted by atomic mass is 16.5. The molecule has 1 unspecified atom stereocenters. The standard InChI is InChI=1S/C23H26N2O/c1-18(2)23(13-8-19-6-5-14-24-16-19)20-9-11-22(12-10-20)26-17-21-7-3-4-15-25-21/h3-7,9-12,14-16,18,23H,8,13,17H2,1-2H3. The minimum Gasteiger partial charge on any atom is -0.487 e. The van der Waals surface area contributed by atoms with Crippen LogP contribution in [0.5, 0.6) is 5.75 Å². The number of pyridine rings is 2. The van der Waals surface area contributed by atoms with E-state index in [4.69, 9.17) is 4.74 Å². The summed E-state index contributed by atoms with van der Waals surface area (Å²) >= 11 is 0. The van der Waals surface area contributed by atoms with Crippen molar-refractivity contribution in [3.63, 3.8) is 0 Å². The molecule has 134 valence electrons. The van der Waals surface area contributed by atoms with Gasteiger partial charge in [-0.05, 0) is 66.1 Å². The van der Waals surface area contributed by atoms with Gasteiger partial charge in [-0.25, -0.2) is 0 Å². The lowest BCUT2D eigenvalue weighted by Crippen LogP contribution is -2.08. The number of benzene rings is 1. The zero-order chi connectivity index (χ0) is 18.2. The summed E-state index contributed by atoms with van der Waals surface area (Å²) in [5.74, 6) is 2.00. The average Bonchev–Trinajstić information content (AvgIpc) is 2.69. The minimum atomic E-state index is 0.495. The van der Waals surface area contributed by atoms with Crippen molar-refractivity contribution >= 4 is 0 Å². The van der Waals surface area contributed by atoms with Gasteiger partial charge in [0.1, 0.15) is 12.4 Å². The molecule has 0 spiro atoms. The molecule has 3 nitrogen and oxygen atoms in total. The van der Waals surface area contributed by atoms with E-state index in [2.05, 4.69) is 54.1 Å². The van der Waals surface area contributed by atoms with Gasteiger partial charge in [0, 0.05) is 18.6 Å². The molecule has 3 rings (SSSR count). The van der Waals surface area contributed by atoms with E-state index in [1.54, 1.807) is 6.20 Å². The molecule has 1 atom stereocenters. The zero-order valence-corrected chi connectivity index (χ0v) is 15.5. The highest BCUT2D eigenvalue weighted by Gasteiger charge is 2.16. The van der Waals surface area contributed by atoms with Crippen LogP contribution in [-0.4, -0.2) is 9.97 Å². The third-order valence-corrected chi connectivity index (χ3v) is 4.69. The number of hydrogen-bond acceptors (Lipinski definition) is 3. The van der Waals surface area contributed by atoms with E-state index in [1.807, 2.05) is 36.7 Å². The first-order valence-corrected chi connectivity index (χ1v) is 9.24. The number of hydrogen-bond donors (Lipinski definition) is 0. The second-order valence-electron chi connectivity index (χ2n) is 6.93. The van der Waals surface area contributed by atoms with Crippen molar-refractivity contribution in [1.29, 1.82) is 0 Å². The quantitative estimate of drug-likeness (QED) is 0.545. The number of aromatic nitrogens is 2. The van der Waals surface area contributed by atoms with Gasteiger partial charge >= 0.3 is 0 Å². The van der Waals surface area contributed by atoms with Crippen molar-refractivity contribution in [2.45, 2.75) is 39.2 Å². The van der Waals surface area contributed by atoms with Crippen LogP contribution < -0.4 is 4.74 Å². The van der Waals surface area contributed by atoms with Gasteiger partial charge in [-0.3, -0.25) is 9.97 Å². The zero-order valence-electron chi connectivity index (χ0n) is 15.5. The molecule has 0 saturated heterocycles. The Labute approximate surface area is 156 Å². The molecule has 0 amide bonds. The fourth-order valence-electron chi connectivity index (χ4n) is 3.21. The first kappa shape index (κ1) is 18.1. The fraction of sp³-hybridized carbons (Fsp3) is 0.304. The number of aryl methyl sites for hydroxylation is 1. The normalized spacial score (nSPS) is 12.1. The third-order valence-electron chi connectivity index (χ3n) is 4.69. The fourth-order valence-corrected chi connectivity index (χ4v) is 3.21. The summed E-state index contributed by atoms with van der Waals surface area (Å²) in [4.78, 5) is 8.50. The maximum absolute atomic E-state index is 5.85. The van der Waals surface area contributed by atoms with Crippen molar-refractivity contribution in [2.75, 3.05) is 0 Å². The van der Waals surface area contributed by atoms with Crippen molar-refractivity contribution in [3.05, 3.63) is 90.0 Å². The van der Waals surface area contributed by atoms with Crippen LogP contribution in [0.1, 0.15) is 43.0 Å². The summed E-state index contributed by atoms with van der Waals surface area (Å²) in [5.41, 5.74) is 3.61. The topological polar surface area (TPSA) is 35.0 Å². The van der Waals surface area contributed by atoms with Crippen LogP contribution in [0.2, 0.25) is 0 Å². The first-order chi connectivity index (χ1) is 12.7. The monoisotopic (exact) mass is 346 g/mol. The predicted octanol–water partition coefficient (Wildman–Crippen LogP) is 5.43. The van der Waals surface area contributed by atoms with Crippen LogP contribution in [0.4, 0.5) is 0 Å². The van der Waals surface area contributed by atoms with Crippen molar-refractivity contribution in [1.82, 2.24) is 9.97 Å². The molecule has 1 aromatic carbocycles. The summed E-state index contributed by atoms with van der Waals surface area (Å²) < 4.78 is 5.85. The first-order valence-electron chi connectivity index (χ1n) is 9.24. The summed E-state index contributed by atoms with van der Waals surface area (Å²) in [6.07, 6.45) is 7.75. The molecule has 0 fully saturated rings. The lowest BCUT2D eigenvalue weighted by molar-refractivity contribution is 0.301. The van der Waals surface area contributed by atoms with Crippen molar-refractivity contribution in [2.24, 2.45) is 5.92 Å². The number of rotatable bonds is 8. The molecule has 2 heterocycles. The van der Waals surface area contributed by atoms with Gasteiger partial charge in [0.25, 0.3) is 0 Å². The number of nitrogens with zero attached hydrogens (tertiary/aromatic N) is 2. The SMILES string of the molecule is CC(C)C(CCc1cccnc1)c1ccc(OCc2ccccn2)cc1. The Morgan fingerprint density at radius 1 is 0.923 bits per heavy atom. The molecular weight excluding hydrogens is 320 g/mol. The second-order valence-corrected chi connectivity index (χ2v) is 6.93. The van der Waals surface area contributed by atoms with Crippen LogP contribution in [-0.2, 0) is 13.0 Å². The smallest absolute Gasteiger partial charge is 0.130 e. The van der Waals surface area contributed by atoms with Crippen LogP contribution >= 0.6 is 0 Å². The Morgan fingerprint density at radius 2 is 1.77 bits per heavy atom. The summed E-state index contributed by atoms with van der Waals surface area (Å²) in [5, 5.41) is 0. The van der Waals surface area contributed by atoms with Crippen LogP contribution in [0.15, 0.2) is 73.2 Å². The molecular formula is C23H26N2O. The van der Waals surface area contributed by atoms with Crippen LogP contribution in [0.3, 0.4) is 0 Å². The van der Waals surface area contributed by atoms with Crippen molar-refractivity contribution < 1.29 is 4.74 Å².